The summed E-state index contributed by atoms with van der Waals surface area (Å²) in [5.74, 6) is 0.114. The minimum atomic E-state index is 0.114. The zero-order valence-electron chi connectivity index (χ0n) is 16.7. The van der Waals surface area contributed by atoms with Crippen molar-refractivity contribution in [2.75, 3.05) is 13.1 Å². The number of halogens is 1. The van der Waals surface area contributed by atoms with Crippen LogP contribution < -0.4 is 0 Å². The molecule has 3 aromatic rings. The second-order valence-electron chi connectivity index (χ2n) is 7.66. The van der Waals surface area contributed by atoms with E-state index in [2.05, 4.69) is 56.0 Å². The van der Waals surface area contributed by atoms with Crippen LogP contribution in [0.5, 0.6) is 0 Å². The highest BCUT2D eigenvalue weighted by Crippen LogP contribution is 2.36. The van der Waals surface area contributed by atoms with E-state index in [-0.39, 0.29) is 18.0 Å². The van der Waals surface area contributed by atoms with Crippen LogP contribution in [0.2, 0.25) is 0 Å². The van der Waals surface area contributed by atoms with Crippen molar-refractivity contribution in [1.82, 2.24) is 24.8 Å². The standard InChI is InChI=1S/C22H23N5O.ClHO/c1-16(28)26-15-21-22(18-10-6-3-7-11-18)23-24-27(21)20-14-25(13-19(20)26)12-17-8-4-2-5-9-17;1-2/h2-11,19-20H,12-15H2,1H3;2H. The zero-order valence-corrected chi connectivity index (χ0v) is 17.5. The summed E-state index contributed by atoms with van der Waals surface area (Å²) < 4.78 is 8.54. The number of aromatic nitrogens is 3. The van der Waals surface area contributed by atoms with Crippen LogP contribution in [0, 0.1) is 0 Å². The highest BCUT2D eigenvalue weighted by atomic mass is 35.5. The molecule has 0 radical (unpaired) electrons. The number of rotatable bonds is 3. The lowest BCUT2D eigenvalue weighted by molar-refractivity contribution is -0.133. The summed E-state index contributed by atoms with van der Waals surface area (Å²) in [7, 11) is 0. The molecule has 1 amide bonds. The molecule has 0 saturated carbocycles. The van der Waals surface area contributed by atoms with E-state index >= 15 is 0 Å². The van der Waals surface area contributed by atoms with Crippen molar-refractivity contribution in [1.29, 1.82) is 0 Å². The van der Waals surface area contributed by atoms with Crippen molar-refractivity contribution in [3.05, 3.63) is 71.9 Å². The quantitative estimate of drug-likeness (QED) is 0.698. The Morgan fingerprint density at radius 3 is 2.33 bits per heavy atom. The number of carbonyl (C=O) groups is 1. The number of hydrogen-bond acceptors (Lipinski definition) is 5. The van der Waals surface area contributed by atoms with Gasteiger partial charge in [-0.05, 0) is 5.56 Å². The van der Waals surface area contributed by atoms with Gasteiger partial charge in [0.2, 0.25) is 5.91 Å². The van der Waals surface area contributed by atoms with Crippen molar-refractivity contribution >= 4 is 17.8 Å². The lowest BCUT2D eigenvalue weighted by Gasteiger charge is -2.36. The van der Waals surface area contributed by atoms with Gasteiger partial charge in [-0.25, -0.2) is 4.68 Å². The highest BCUT2D eigenvalue weighted by molar-refractivity contribution is 6.04. The molecule has 1 fully saturated rings. The van der Waals surface area contributed by atoms with E-state index in [1.54, 1.807) is 6.92 Å². The maximum Gasteiger partial charge on any atom is 0.220 e. The second-order valence-corrected chi connectivity index (χ2v) is 7.66. The Balaban J connectivity index is 0.00000106. The van der Waals surface area contributed by atoms with Gasteiger partial charge < -0.3 is 4.90 Å². The molecule has 7 nitrogen and oxygen atoms in total. The molecule has 1 N–H and O–H groups in total. The zero-order chi connectivity index (χ0) is 21.1. The monoisotopic (exact) mass is 425 g/mol. The van der Waals surface area contributed by atoms with Crippen LogP contribution in [0.4, 0.5) is 0 Å². The summed E-state index contributed by atoms with van der Waals surface area (Å²) in [5, 5.41) is 9.00. The van der Waals surface area contributed by atoms with Crippen molar-refractivity contribution in [3.63, 3.8) is 0 Å². The summed E-state index contributed by atoms with van der Waals surface area (Å²) in [6.45, 7) is 4.84. The molecule has 156 valence electrons. The number of amides is 1. The smallest absolute Gasteiger partial charge is 0.220 e. The minimum absolute atomic E-state index is 0.114. The molecule has 0 aliphatic carbocycles. The van der Waals surface area contributed by atoms with E-state index in [9.17, 15) is 4.79 Å². The van der Waals surface area contributed by atoms with Gasteiger partial charge in [-0.3, -0.25) is 14.4 Å². The third-order valence-electron chi connectivity index (χ3n) is 5.86. The average molecular weight is 426 g/mol. The van der Waals surface area contributed by atoms with Gasteiger partial charge >= 0.3 is 0 Å². The lowest BCUT2D eigenvalue weighted by atomic mass is 10.0. The van der Waals surface area contributed by atoms with E-state index in [0.29, 0.717) is 6.54 Å². The Kier molecular flexibility index (Phi) is 6.13. The highest BCUT2D eigenvalue weighted by Gasteiger charge is 2.44. The summed E-state index contributed by atoms with van der Waals surface area (Å²) in [4.78, 5) is 16.9. The first-order valence-corrected chi connectivity index (χ1v) is 10.2. The number of benzene rings is 2. The molecular weight excluding hydrogens is 402 g/mol. The van der Waals surface area contributed by atoms with E-state index in [1.807, 2.05) is 41.3 Å². The molecule has 8 heteroatoms. The predicted molar refractivity (Wildman–Crippen MR) is 114 cm³/mol. The van der Waals surface area contributed by atoms with Gasteiger partial charge in [0.1, 0.15) is 5.69 Å². The van der Waals surface area contributed by atoms with Crippen LogP contribution in [-0.4, -0.2) is 54.5 Å². The molecule has 0 spiro atoms. The first kappa shape index (κ1) is 20.5. The van der Waals surface area contributed by atoms with Gasteiger partial charge in [0.05, 0.1) is 36.2 Å². The molecule has 30 heavy (non-hydrogen) atoms. The molecule has 1 saturated heterocycles. The second kappa shape index (κ2) is 8.95. The number of carbonyl (C=O) groups excluding carboxylic acids is 1. The fourth-order valence-corrected chi connectivity index (χ4v) is 4.54. The number of nitrogens with zero attached hydrogens (tertiary/aromatic N) is 5. The van der Waals surface area contributed by atoms with Crippen LogP contribution >= 0.6 is 11.9 Å². The van der Waals surface area contributed by atoms with Gasteiger partial charge in [-0.2, -0.15) is 0 Å². The van der Waals surface area contributed by atoms with E-state index < -0.39 is 0 Å². The maximum atomic E-state index is 12.4. The predicted octanol–water partition coefficient (Wildman–Crippen LogP) is 2.87. The molecule has 2 atom stereocenters. The van der Waals surface area contributed by atoms with Gasteiger partial charge in [-0.1, -0.05) is 65.9 Å². The molecule has 5 rings (SSSR count). The molecule has 2 aliphatic heterocycles. The van der Waals surface area contributed by atoms with E-state index in [1.165, 1.54) is 5.56 Å². The molecular formula is C22H24ClN5O2. The van der Waals surface area contributed by atoms with Crippen molar-refractivity contribution in [2.24, 2.45) is 0 Å². The molecule has 2 aliphatic rings. The number of fused-ring (bicyclic) bond motifs is 3. The van der Waals surface area contributed by atoms with E-state index in [0.717, 1.165) is 36.6 Å². The Morgan fingerprint density at radius 1 is 1.03 bits per heavy atom. The molecule has 3 heterocycles. The third kappa shape index (κ3) is 3.84. The Morgan fingerprint density at radius 2 is 1.67 bits per heavy atom. The van der Waals surface area contributed by atoms with Crippen LogP contribution in [0.15, 0.2) is 60.7 Å². The molecule has 1 aromatic heterocycles. The number of likely N-dealkylation sites (tertiary alicyclic amines) is 1. The minimum Gasteiger partial charge on any atom is -0.330 e. The first-order valence-electron chi connectivity index (χ1n) is 9.90. The topological polar surface area (TPSA) is 74.5 Å². The molecule has 2 unspecified atom stereocenters. The SMILES string of the molecule is CC(=O)N1Cc2c(-c3ccccc3)nnn2C2CN(Cc3ccccc3)CC21.OCl. The largest absolute Gasteiger partial charge is 0.330 e. The first-order chi connectivity index (χ1) is 14.7. The fourth-order valence-electron chi connectivity index (χ4n) is 4.54. The van der Waals surface area contributed by atoms with Crippen LogP contribution in [-0.2, 0) is 17.9 Å². The van der Waals surface area contributed by atoms with Gasteiger partial charge in [0.25, 0.3) is 0 Å². The van der Waals surface area contributed by atoms with Crippen LogP contribution in [0.3, 0.4) is 0 Å². The van der Waals surface area contributed by atoms with Crippen molar-refractivity contribution < 1.29 is 9.45 Å². The van der Waals surface area contributed by atoms with Crippen molar-refractivity contribution in [2.45, 2.75) is 32.1 Å². The molecule has 2 aromatic carbocycles. The number of hydrogen-bond donors (Lipinski definition) is 1. The summed E-state index contributed by atoms with van der Waals surface area (Å²) in [6.07, 6.45) is 0. The Bertz CT molecular complexity index is 995. The Labute approximate surface area is 180 Å². The third-order valence-corrected chi connectivity index (χ3v) is 5.86. The average Bonchev–Trinajstić information content (AvgIpc) is 3.39. The lowest BCUT2D eigenvalue weighted by Crippen LogP contribution is -2.48. The van der Waals surface area contributed by atoms with Gasteiger partial charge in [-0.15, -0.1) is 5.10 Å². The fraction of sp³-hybridized carbons (Fsp3) is 0.318. The summed E-state index contributed by atoms with van der Waals surface area (Å²) >= 11 is 3.64. The summed E-state index contributed by atoms with van der Waals surface area (Å²) in [5.41, 5.74) is 4.25. The van der Waals surface area contributed by atoms with Gasteiger partial charge in [0.15, 0.2) is 0 Å². The van der Waals surface area contributed by atoms with E-state index in [4.69, 9.17) is 4.66 Å². The maximum absolute atomic E-state index is 12.4. The normalized spacial score (nSPS) is 20.2. The van der Waals surface area contributed by atoms with Crippen LogP contribution in [0.25, 0.3) is 11.3 Å². The Hall–Kier alpha value is -2.74. The summed E-state index contributed by atoms with van der Waals surface area (Å²) in [6, 6.07) is 20.9. The van der Waals surface area contributed by atoms with Gasteiger partial charge in [0, 0.05) is 32.1 Å². The van der Waals surface area contributed by atoms with Crippen molar-refractivity contribution in [3.8, 4) is 11.3 Å². The van der Waals surface area contributed by atoms with Crippen LogP contribution in [0.1, 0.15) is 24.2 Å². The molecule has 0 bridgehead atoms.